The second-order valence-corrected chi connectivity index (χ2v) is 4.73. The van der Waals surface area contributed by atoms with Crippen molar-refractivity contribution in [1.82, 2.24) is 4.90 Å². The fraction of sp³-hybridized carbons (Fsp3) is 0.533. The van der Waals surface area contributed by atoms with Crippen LogP contribution in [0.4, 0.5) is 0 Å². The smallest absolute Gasteiger partial charge is 0.119 e. The minimum absolute atomic E-state index is 0.499. The second kappa shape index (κ2) is 6.42. The highest BCUT2D eigenvalue weighted by Crippen LogP contribution is 2.33. The summed E-state index contributed by atoms with van der Waals surface area (Å²) in [6.07, 6.45) is 4.08. The molecule has 2 rings (SSSR count). The van der Waals surface area contributed by atoms with Gasteiger partial charge in [0.1, 0.15) is 5.75 Å². The first-order chi connectivity index (χ1) is 8.85. The number of unbranched alkanes of at least 4 members (excludes halogenated alkanes) is 1. The maximum atomic E-state index is 8.61. The van der Waals surface area contributed by atoms with E-state index in [1.54, 1.807) is 7.11 Å². The summed E-state index contributed by atoms with van der Waals surface area (Å²) in [5.74, 6) is 0.927. The zero-order valence-corrected chi connectivity index (χ0v) is 10.9. The lowest BCUT2D eigenvalue weighted by Gasteiger charge is -2.24. The number of nitriles is 1. The van der Waals surface area contributed by atoms with Crippen LogP contribution in [-0.2, 0) is 0 Å². The van der Waals surface area contributed by atoms with Crippen LogP contribution in [0.25, 0.3) is 0 Å². The Labute approximate surface area is 109 Å². The lowest BCUT2D eigenvalue weighted by molar-refractivity contribution is 0.254. The molecule has 3 heteroatoms. The predicted octanol–water partition coefficient (Wildman–Crippen LogP) is 3.14. The molecule has 0 aromatic heterocycles. The molecule has 0 saturated carbocycles. The first kappa shape index (κ1) is 12.9. The minimum Gasteiger partial charge on any atom is -0.497 e. The summed E-state index contributed by atoms with van der Waals surface area (Å²) in [7, 11) is 1.71. The number of rotatable bonds is 5. The number of hydrogen-bond acceptors (Lipinski definition) is 3. The Hall–Kier alpha value is -1.53. The van der Waals surface area contributed by atoms with Crippen molar-refractivity contribution >= 4 is 0 Å². The lowest BCUT2D eigenvalue weighted by atomic mass is 10.0. The van der Waals surface area contributed by atoms with Crippen LogP contribution < -0.4 is 4.74 Å². The van der Waals surface area contributed by atoms with E-state index in [2.05, 4.69) is 29.2 Å². The molecule has 1 heterocycles. The SMILES string of the molecule is COc1cccc(C2CCCN2CCCC#N)c1. The van der Waals surface area contributed by atoms with Crippen LogP contribution in [0.3, 0.4) is 0 Å². The molecule has 3 nitrogen and oxygen atoms in total. The molecule has 1 atom stereocenters. The normalized spacial score (nSPS) is 19.7. The molecule has 1 unspecified atom stereocenters. The van der Waals surface area contributed by atoms with E-state index in [1.807, 2.05) is 6.07 Å². The molecular formula is C15H20N2O. The molecule has 96 valence electrons. The Morgan fingerprint density at radius 1 is 1.50 bits per heavy atom. The zero-order valence-electron chi connectivity index (χ0n) is 10.9. The molecule has 1 aromatic rings. The van der Waals surface area contributed by atoms with E-state index in [4.69, 9.17) is 10.00 Å². The molecule has 1 fully saturated rings. The summed E-state index contributed by atoms with van der Waals surface area (Å²) in [6.45, 7) is 2.17. The van der Waals surface area contributed by atoms with Crippen molar-refractivity contribution in [1.29, 1.82) is 5.26 Å². The van der Waals surface area contributed by atoms with Crippen LogP contribution in [0.1, 0.15) is 37.3 Å². The molecule has 0 N–H and O–H groups in total. The minimum atomic E-state index is 0.499. The highest BCUT2D eigenvalue weighted by atomic mass is 16.5. The van der Waals surface area contributed by atoms with Gasteiger partial charge in [0.25, 0.3) is 0 Å². The molecule has 0 spiro atoms. The second-order valence-electron chi connectivity index (χ2n) is 4.73. The fourth-order valence-electron chi connectivity index (χ4n) is 2.68. The van der Waals surface area contributed by atoms with Crippen molar-refractivity contribution in [3.05, 3.63) is 29.8 Å². The van der Waals surface area contributed by atoms with Crippen LogP contribution in [0, 0.1) is 11.3 Å². The van der Waals surface area contributed by atoms with E-state index >= 15 is 0 Å². The van der Waals surface area contributed by atoms with Crippen molar-refractivity contribution in [3.8, 4) is 11.8 Å². The van der Waals surface area contributed by atoms with Gasteiger partial charge in [-0.05, 0) is 50.0 Å². The van der Waals surface area contributed by atoms with Gasteiger partial charge in [0.2, 0.25) is 0 Å². The summed E-state index contributed by atoms with van der Waals surface area (Å²) in [4.78, 5) is 2.49. The van der Waals surface area contributed by atoms with Gasteiger partial charge in [0.15, 0.2) is 0 Å². The maximum Gasteiger partial charge on any atom is 0.119 e. The van der Waals surface area contributed by atoms with Crippen molar-refractivity contribution in [2.75, 3.05) is 20.2 Å². The standard InChI is InChI=1S/C15H20N2O/c1-18-14-7-4-6-13(12-14)15-8-5-11-17(15)10-3-2-9-16/h4,6-7,12,15H,2-3,5,8,10-11H2,1H3. The molecular weight excluding hydrogens is 224 g/mol. The lowest BCUT2D eigenvalue weighted by Crippen LogP contribution is -2.24. The van der Waals surface area contributed by atoms with E-state index in [9.17, 15) is 0 Å². The largest absolute Gasteiger partial charge is 0.497 e. The van der Waals surface area contributed by atoms with Crippen molar-refractivity contribution in [3.63, 3.8) is 0 Å². The first-order valence-corrected chi connectivity index (χ1v) is 6.60. The fourth-order valence-corrected chi connectivity index (χ4v) is 2.68. The third-order valence-electron chi connectivity index (χ3n) is 3.58. The average Bonchev–Trinajstić information content (AvgIpc) is 2.87. The van der Waals surface area contributed by atoms with Crippen molar-refractivity contribution in [2.24, 2.45) is 0 Å². The summed E-state index contributed by atoms with van der Waals surface area (Å²) >= 11 is 0. The third-order valence-corrected chi connectivity index (χ3v) is 3.58. The Balaban J connectivity index is 2.03. The number of hydrogen-bond donors (Lipinski definition) is 0. The zero-order chi connectivity index (χ0) is 12.8. The van der Waals surface area contributed by atoms with Gasteiger partial charge in [0, 0.05) is 12.5 Å². The van der Waals surface area contributed by atoms with E-state index in [0.29, 0.717) is 12.5 Å². The molecule has 1 aliphatic rings. The van der Waals surface area contributed by atoms with E-state index in [0.717, 1.165) is 25.3 Å². The molecule has 1 aromatic carbocycles. The predicted molar refractivity (Wildman–Crippen MR) is 71.4 cm³/mol. The molecule has 0 radical (unpaired) electrons. The Kier molecular flexibility index (Phi) is 4.60. The quantitative estimate of drug-likeness (QED) is 0.747. The highest BCUT2D eigenvalue weighted by Gasteiger charge is 2.25. The number of benzene rings is 1. The molecule has 0 bridgehead atoms. The van der Waals surface area contributed by atoms with Crippen LogP contribution in [0.5, 0.6) is 5.75 Å². The molecule has 0 aliphatic carbocycles. The van der Waals surface area contributed by atoms with Gasteiger partial charge in [0.05, 0.1) is 13.2 Å². The summed E-state index contributed by atoms with van der Waals surface area (Å²) in [6, 6.07) is 11.1. The van der Waals surface area contributed by atoms with Gasteiger partial charge in [-0.25, -0.2) is 0 Å². The number of nitrogens with zero attached hydrogens (tertiary/aromatic N) is 2. The third kappa shape index (κ3) is 3.02. The molecule has 1 saturated heterocycles. The van der Waals surface area contributed by atoms with Gasteiger partial charge < -0.3 is 4.74 Å². The number of likely N-dealkylation sites (tertiary alicyclic amines) is 1. The Morgan fingerprint density at radius 2 is 2.39 bits per heavy atom. The van der Waals surface area contributed by atoms with E-state index < -0.39 is 0 Å². The van der Waals surface area contributed by atoms with Gasteiger partial charge in [-0.15, -0.1) is 0 Å². The topological polar surface area (TPSA) is 36.3 Å². The van der Waals surface area contributed by atoms with Crippen LogP contribution in [0.2, 0.25) is 0 Å². The molecule has 1 aliphatic heterocycles. The number of ether oxygens (including phenoxy) is 1. The first-order valence-electron chi connectivity index (χ1n) is 6.60. The molecule has 18 heavy (non-hydrogen) atoms. The Morgan fingerprint density at radius 3 is 3.17 bits per heavy atom. The monoisotopic (exact) mass is 244 g/mol. The Bertz CT molecular complexity index is 425. The highest BCUT2D eigenvalue weighted by molar-refractivity contribution is 5.31. The van der Waals surface area contributed by atoms with Gasteiger partial charge in [-0.1, -0.05) is 12.1 Å². The summed E-state index contributed by atoms with van der Waals surface area (Å²) < 4.78 is 5.29. The summed E-state index contributed by atoms with van der Waals surface area (Å²) in [5, 5.41) is 8.61. The van der Waals surface area contributed by atoms with Crippen molar-refractivity contribution < 1.29 is 4.74 Å². The average molecular weight is 244 g/mol. The maximum absolute atomic E-state index is 8.61. The number of methoxy groups -OCH3 is 1. The van der Waals surface area contributed by atoms with Gasteiger partial charge in [-0.3, -0.25) is 4.90 Å². The van der Waals surface area contributed by atoms with E-state index in [-0.39, 0.29) is 0 Å². The van der Waals surface area contributed by atoms with Crippen LogP contribution in [0.15, 0.2) is 24.3 Å². The van der Waals surface area contributed by atoms with Gasteiger partial charge >= 0.3 is 0 Å². The van der Waals surface area contributed by atoms with Crippen molar-refractivity contribution in [2.45, 2.75) is 31.7 Å². The summed E-state index contributed by atoms with van der Waals surface area (Å²) in [5.41, 5.74) is 1.34. The van der Waals surface area contributed by atoms with Crippen LogP contribution >= 0.6 is 0 Å². The van der Waals surface area contributed by atoms with Gasteiger partial charge in [-0.2, -0.15) is 5.26 Å². The van der Waals surface area contributed by atoms with E-state index in [1.165, 1.54) is 18.4 Å². The molecule has 0 amide bonds. The van der Waals surface area contributed by atoms with Crippen LogP contribution in [-0.4, -0.2) is 25.1 Å².